The molecular weight excluding hydrogens is 360 g/mol. The van der Waals surface area contributed by atoms with E-state index in [1.165, 1.54) is 12.1 Å². The van der Waals surface area contributed by atoms with Gasteiger partial charge in [-0.3, -0.25) is 14.9 Å². The molecule has 1 amide bonds. The molecule has 7 heteroatoms. The molecule has 5 nitrogen and oxygen atoms in total. The van der Waals surface area contributed by atoms with E-state index in [0.717, 1.165) is 5.56 Å². The number of carbonyl (C=O) groups is 1. The van der Waals surface area contributed by atoms with Gasteiger partial charge in [0.25, 0.3) is 11.6 Å². The highest BCUT2D eigenvalue weighted by atomic mass is 79.9. The molecule has 21 heavy (non-hydrogen) atoms. The number of nitrogens with one attached hydrogen (secondary N) is 1. The topological polar surface area (TPSA) is 72.2 Å². The molecule has 2 rings (SSSR count). The second kappa shape index (κ2) is 6.24. The summed E-state index contributed by atoms with van der Waals surface area (Å²) in [6, 6.07) is 9.49. The lowest BCUT2D eigenvalue weighted by Crippen LogP contribution is -2.13. The van der Waals surface area contributed by atoms with Crippen molar-refractivity contribution < 1.29 is 9.72 Å². The van der Waals surface area contributed by atoms with Crippen molar-refractivity contribution in [1.82, 2.24) is 0 Å². The summed E-state index contributed by atoms with van der Waals surface area (Å²) in [6.45, 7) is 1.74. The van der Waals surface area contributed by atoms with Crippen molar-refractivity contribution >= 4 is 44.8 Å². The first-order chi connectivity index (χ1) is 9.90. The highest BCUT2D eigenvalue weighted by molar-refractivity contribution is 9.10. The van der Waals surface area contributed by atoms with Crippen molar-refractivity contribution in [2.75, 3.05) is 5.32 Å². The second-order valence-corrected chi connectivity index (χ2v) is 5.57. The summed E-state index contributed by atoms with van der Waals surface area (Å²) in [5.74, 6) is -0.506. The normalized spacial score (nSPS) is 10.2. The average Bonchev–Trinajstić information content (AvgIpc) is 2.43. The third-order valence-electron chi connectivity index (χ3n) is 2.79. The first-order valence-corrected chi connectivity index (χ1v) is 7.07. The van der Waals surface area contributed by atoms with Crippen molar-refractivity contribution in [3.05, 3.63) is 67.1 Å². The Morgan fingerprint density at radius 1 is 1.33 bits per heavy atom. The van der Waals surface area contributed by atoms with Crippen LogP contribution in [0.2, 0.25) is 5.02 Å². The van der Waals surface area contributed by atoms with E-state index < -0.39 is 10.8 Å². The van der Waals surface area contributed by atoms with Crippen molar-refractivity contribution in [2.24, 2.45) is 0 Å². The van der Waals surface area contributed by atoms with E-state index >= 15 is 0 Å². The smallest absolute Gasteiger partial charge is 0.293 e. The largest absolute Gasteiger partial charge is 0.316 e. The van der Waals surface area contributed by atoms with Gasteiger partial charge in [0.05, 0.1) is 15.5 Å². The molecule has 1 N–H and O–H groups in total. The fraction of sp³-hybridized carbons (Fsp3) is 0.0714. The predicted octanol–water partition coefficient (Wildman–Crippen LogP) is 4.57. The molecule has 108 valence electrons. The van der Waals surface area contributed by atoms with Crippen LogP contribution in [0.25, 0.3) is 0 Å². The molecule has 0 saturated carbocycles. The Hall–Kier alpha value is -1.92. The Bertz CT molecular complexity index is 734. The lowest BCUT2D eigenvalue weighted by Gasteiger charge is -2.08. The number of nitrogens with zero attached hydrogens (tertiary/aromatic N) is 1. The van der Waals surface area contributed by atoms with E-state index in [2.05, 4.69) is 21.2 Å². The molecule has 2 aromatic carbocycles. The summed E-state index contributed by atoms with van der Waals surface area (Å²) in [5, 5.41) is 13.8. The summed E-state index contributed by atoms with van der Waals surface area (Å²) >= 11 is 9.27. The SMILES string of the molecule is Cc1ccc(NC(=O)c2cccc(Br)c2Cl)c([N+](=O)[O-])c1. The highest BCUT2D eigenvalue weighted by Crippen LogP contribution is 2.29. The van der Waals surface area contributed by atoms with Gasteiger partial charge in [-0.15, -0.1) is 0 Å². The van der Waals surface area contributed by atoms with Gasteiger partial charge in [-0.1, -0.05) is 23.7 Å². The Labute approximate surface area is 134 Å². The molecule has 0 radical (unpaired) electrons. The maximum atomic E-state index is 12.2. The minimum Gasteiger partial charge on any atom is -0.316 e. The molecule has 0 saturated heterocycles. The molecule has 0 bridgehead atoms. The summed E-state index contributed by atoms with van der Waals surface area (Å²) in [4.78, 5) is 22.7. The van der Waals surface area contributed by atoms with Gasteiger partial charge in [0.15, 0.2) is 0 Å². The highest BCUT2D eigenvalue weighted by Gasteiger charge is 2.18. The monoisotopic (exact) mass is 368 g/mol. The lowest BCUT2D eigenvalue weighted by atomic mass is 10.1. The summed E-state index contributed by atoms with van der Waals surface area (Å²) in [6.07, 6.45) is 0. The average molecular weight is 370 g/mol. The Balaban J connectivity index is 2.36. The van der Waals surface area contributed by atoms with E-state index in [9.17, 15) is 14.9 Å². The fourth-order valence-electron chi connectivity index (χ4n) is 1.77. The number of rotatable bonds is 3. The van der Waals surface area contributed by atoms with Gasteiger partial charge in [-0.05, 0) is 46.6 Å². The van der Waals surface area contributed by atoms with Crippen LogP contribution in [0.3, 0.4) is 0 Å². The zero-order valence-corrected chi connectivity index (χ0v) is 13.2. The fourth-order valence-corrected chi connectivity index (χ4v) is 2.35. The molecule has 0 aliphatic rings. The molecule has 2 aromatic rings. The summed E-state index contributed by atoms with van der Waals surface area (Å²) in [5.41, 5.74) is 0.946. The van der Waals surface area contributed by atoms with Gasteiger partial charge in [-0.25, -0.2) is 0 Å². The standard InChI is InChI=1S/C14H10BrClN2O3/c1-8-5-6-11(12(7-8)18(20)21)17-14(19)9-3-2-4-10(15)13(9)16/h2-7H,1H3,(H,17,19). The number of amides is 1. The Kier molecular flexibility index (Phi) is 4.59. The molecule has 0 aliphatic heterocycles. The van der Waals surface area contributed by atoms with Crippen LogP contribution >= 0.6 is 27.5 Å². The zero-order valence-electron chi connectivity index (χ0n) is 10.9. The number of anilines is 1. The van der Waals surface area contributed by atoms with Gasteiger partial charge in [0.2, 0.25) is 0 Å². The minimum absolute atomic E-state index is 0.131. The van der Waals surface area contributed by atoms with E-state index in [0.29, 0.717) is 4.47 Å². The number of nitro groups is 1. The molecule has 0 atom stereocenters. The van der Waals surface area contributed by atoms with Crippen molar-refractivity contribution in [2.45, 2.75) is 6.92 Å². The first kappa shape index (κ1) is 15.5. The maximum Gasteiger partial charge on any atom is 0.293 e. The van der Waals surface area contributed by atoms with Gasteiger partial charge in [0.1, 0.15) is 5.69 Å². The third kappa shape index (κ3) is 3.40. The minimum atomic E-state index is -0.537. The van der Waals surface area contributed by atoms with Crippen LogP contribution in [0.4, 0.5) is 11.4 Å². The number of benzene rings is 2. The number of hydrogen-bond acceptors (Lipinski definition) is 3. The third-order valence-corrected chi connectivity index (χ3v) is 4.09. The maximum absolute atomic E-state index is 12.2. The van der Waals surface area contributed by atoms with Gasteiger partial charge in [-0.2, -0.15) is 0 Å². The molecule has 0 aliphatic carbocycles. The lowest BCUT2D eigenvalue weighted by molar-refractivity contribution is -0.384. The molecule has 0 unspecified atom stereocenters. The van der Waals surface area contributed by atoms with Crippen LogP contribution in [0.15, 0.2) is 40.9 Å². The van der Waals surface area contributed by atoms with Gasteiger partial charge in [0, 0.05) is 10.5 Å². The van der Waals surface area contributed by atoms with E-state index in [-0.39, 0.29) is 22.0 Å². The number of carbonyl (C=O) groups excluding carboxylic acids is 1. The van der Waals surface area contributed by atoms with Crippen LogP contribution in [0, 0.1) is 17.0 Å². The predicted molar refractivity (Wildman–Crippen MR) is 84.9 cm³/mol. The number of nitro benzene ring substituents is 1. The molecule has 0 aromatic heterocycles. The Morgan fingerprint density at radius 3 is 2.71 bits per heavy atom. The number of hydrogen-bond donors (Lipinski definition) is 1. The van der Waals surface area contributed by atoms with Crippen molar-refractivity contribution in [3.8, 4) is 0 Å². The number of halogens is 2. The van der Waals surface area contributed by atoms with E-state index in [1.807, 2.05) is 0 Å². The molecule has 0 fully saturated rings. The quantitative estimate of drug-likeness (QED) is 0.636. The summed E-state index contributed by atoms with van der Waals surface area (Å²) < 4.78 is 0.579. The number of aryl methyl sites for hydroxylation is 1. The Morgan fingerprint density at radius 2 is 2.05 bits per heavy atom. The molecular formula is C14H10BrClN2O3. The first-order valence-electron chi connectivity index (χ1n) is 5.90. The second-order valence-electron chi connectivity index (χ2n) is 4.33. The van der Waals surface area contributed by atoms with Gasteiger partial charge < -0.3 is 5.32 Å². The zero-order chi connectivity index (χ0) is 15.6. The van der Waals surface area contributed by atoms with E-state index in [1.54, 1.807) is 31.2 Å². The van der Waals surface area contributed by atoms with Crippen LogP contribution in [-0.2, 0) is 0 Å². The van der Waals surface area contributed by atoms with Gasteiger partial charge >= 0.3 is 0 Å². The molecule has 0 spiro atoms. The molecule has 0 heterocycles. The van der Waals surface area contributed by atoms with Crippen LogP contribution in [-0.4, -0.2) is 10.8 Å². The van der Waals surface area contributed by atoms with Crippen molar-refractivity contribution in [3.63, 3.8) is 0 Å². The van der Waals surface area contributed by atoms with E-state index in [4.69, 9.17) is 11.6 Å². The van der Waals surface area contributed by atoms with Crippen LogP contribution in [0.5, 0.6) is 0 Å². The van der Waals surface area contributed by atoms with Crippen LogP contribution < -0.4 is 5.32 Å². The van der Waals surface area contributed by atoms with Crippen molar-refractivity contribution in [1.29, 1.82) is 0 Å². The summed E-state index contributed by atoms with van der Waals surface area (Å²) in [7, 11) is 0. The van der Waals surface area contributed by atoms with Crippen LogP contribution in [0.1, 0.15) is 15.9 Å².